The molecule has 4 N–H and O–H groups in total. The molecular weight excluding hydrogens is 1180 g/mol. The summed E-state index contributed by atoms with van der Waals surface area (Å²) in [6.07, 6.45) is 10.1. The summed E-state index contributed by atoms with van der Waals surface area (Å²) in [6, 6.07) is 8.39. The first-order valence-electron chi connectivity index (χ1n) is 33.9. The number of rotatable bonds is 72. The third kappa shape index (κ3) is 44.7. The molecule has 0 radical (unpaired) electrons. The quantitative estimate of drug-likeness (QED) is 0.0478. The minimum absolute atomic E-state index is 0.00784. The van der Waals surface area contributed by atoms with Gasteiger partial charge in [-0.2, -0.15) is 0 Å². The molecule has 23 nitrogen and oxygen atoms in total. The molecule has 0 spiro atoms. The first-order valence-corrected chi connectivity index (χ1v) is 33.9. The van der Waals surface area contributed by atoms with Crippen LogP contribution in [-0.4, -0.2) is 271 Å². The first-order chi connectivity index (χ1) is 45.0. The van der Waals surface area contributed by atoms with E-state index in [1.807, 2.05) is 12.1 Å². The number of ether oxygens (including phenoxy) is 19. The summed E-state index contributed by atoms with van der Waals surface area (Å²) in [5.74, 6) is 1.22. The molecule has 0 aliphatic rings. The van der Waals surface area contributed by atoms with Crippen molar-refractivity contribution in [3.05, 3.63) is 57.6 Å². The average Bonchev–Trinajstić information content (AvgIpc) is 0.924. The topological polar surface area (TPSA) is 256 Å². The van der Waals surface area contributed by atoms with Gasteiger partial charge in [-0.1, -0.05) is 65.5 Å². The van der Waals surface area contributed by atoms with Gasteiger partial charge in [-0.25, -0.2) is 0 Å². The SMILES string of the molecule is CCCCc1ccc(Oc2ccc(CCCC)c(CCCC)c2C(CO)OCCOCCOCCOCCOCCOCCOCCOCCOCCO)c(C(CO)OCCOCCOCCOCCOCCOCCOCCOCCOCCO)c1CCCC. The first kappa shape index (κ1) is 84.4. The molecule has 0 fully saturated rings. The van der Waals surface area contributed by atoms with Gasteiger partial charge in [0.25, 0.3) is 0 Å². The minimum Gasteiger partial charge on any atom is -0.457 e. The van der Waals surface area contributed by atoms with E-state index in [1.54, 1.807) is 0 Å². The molecule has 0 saturated carbocycles. The fourth-order valence-electron chi connectivity index (χ4n) is 9.24. The molecule has 0 aromatic heterocycles. The second-order valence-electron chi connectivity index (χ2n) is 21.1. The summed E-state index contributed by atoms with van der Waals surface area (Å²) >= 11 is 0. The molecule has 2 rings (SSSR count). The summed E-state index contributed by atoms with van der Waals surface area (Å²) in [4.78, 5) is 0. The average molecular weight is 1310 g/mol. The van der Waals surface area contributed by atoms with Crippen LogP contribution in [0.15, 0.2) is 24.3 Å². The van der Waals surface area contributed by atoms with Crippen molar-refractivity contribution in [3.63, 3.8) is 0 Å². The van der Waals surface area contributed by atoms with Crippen LogP contribution in [0.2, 0.25) is 0 Å². The molecule has 0 saturated heterocycles. The highest BCUT2D eigenvalue weighted by Gasteiger charge is 2.28. The van der Waals surface area contributed by atoms with Crippen LogP contribution in [0.25, 0.3) is 0 Å². The van der Waals surface area contributed by atoms with E-state index in [4.69, 9.17) is 100 Å². The molecule has 2 aromatic carbocycles. The van der Waals surface area contributed by atoms with E-state index >= 15 is 0 Å². The minimum atomic E-state index is -0.684. The van der Waals surface area contributed by atoms with E-state index in [9.17, 15) is 10.2 Å². The Morgan fingerprint density at radius 1 is 0.264 bits per heavy atom. The lowest BCUT2D eigenvalue weighted by atomic mass is 9.89. The molecule has 0 bridgehead atoms. The van der Waals surface area contributed by atoms with E-state index < -0.39 is 12.2 Å². The third-order valence-corrected chi connectivity index (χ3v) is 14.0. The van der Waals surface area contributed by atoms with Gasteiger partial charge < -0.3 is 110 Å². The van der Waals surface area contributed by atoms with Crippen molar-refractivity contribution in [3.8, 4) is 11.5 Å². The highest BCUT2D eigenvalue weighted by Crippen LogP contribution is 2.42. The lowest BCUT2D eigenvalue weighted by Gasteiger charge is -2.28. The zero-order chi connectivity index (χ0) is 65.4. The molecule has 532 valence electrons. The van der Waals surface area contributed by atoms with Crippen LogP contribution in [0, 0.1) is 0 Å². The van der Waals surface area contributed by atoms with Gasteiger partial charge in [0.1, 0.15) is 23.7 Å². The zero-order valence-electron chi connectivity index (χ0n) is 56.4. The van der Waals surface area contributed by atoms with E-state index in [2.05, 4.69) is 39.8 Å². The Hall–Kier alpha value is -2.64. The van der Waals surface area contributed by atoms with Crippen molar-refractivity contribution >= 4 is 0 Å². The Balaban J connectivity index is 1.90. The number of hydrogen-bond donors (Lipinski definition) is 4. The zero-order valence-corrected chi connectivity index (χ0v) is 56.4. The number of hydrogen-bond acceptors (Lipinski definition) is 23. The Morgan fingerprint density at radius 2 is 0.473 bits per heavy atom. The van der Waals surface area contributed by atoms with Crippen LogP contribution in [0.1, 0.15) is 125 Å². The highest BCUT2D eigenvalue weighted by molar-refractivity contribution is 5.53. The molecule has 2 unspecified atom stereocenters. The van der Waals surface area contributed by atoms with Crippen LogP contribution in [-0.2, 0) is 111 Å². The van der Waals surface area contributed by atoms with Crippen LogP contribution in [0.5, 0.6) is 11.5 Å². The highest BCUT2D eigenvalue weighted by atomic mass is 16.6. The van der Waals surface area contributed by atoms with Gasteiger partial charge in [0.15, 0.2) is 0 Å². The maximum atomic E-state index is 11.2. The summed E-state index contributed by atoms with van der Waals surface area (Å²) in [7, 11) is 0. The molecule has 0 heterocycles. The van der Waals surface area contributed by atoms with Crippen molar-refractivity contribution in [2.24, 2.45) is 0 Å². The van der Waals surface area contributed by atoms with Gasteiger partial charge in [0.2, 0.25) is 0 Å². The van der Waals surface area contributed by atoms with Crippen molar-refractivity contribution in [1.29, 1.82) is 0 Å². The van der Waals surface area contributed by atoms with Crippen LogP contribution < -0.4 is 4.74 Å². The number of aryl methyl sites for hydroxylation is 2. The van der Waals surface area contributed by atoms with Gasteiger partial charge in [0.05, 0.1) is 251 Å². The molecule has 0 aliphatic carbocycles. The number of aliphatic hydroxyl groups excluding tert-OH is 4. The lowest BCUT2D eigenvalue weighted by molar-refractivity contribution is -0.0383. The van der Waals surface area contributed by atoms with E-state index in [0.29, 0.717) is 223 Å². The van der Waals surface area contributed by atoms with Crippen LogP contribution >= 0.6 is 0 Å². The van der Waals surface area contributed by atoms with Crippen molar-refractivity contribution in [2.45, 2.75) is 117 Å². The second kappa shape index (κ2) is 64.7. The summed E-state index contributed by atoms with van der Waals surface area (Å²) in [5.41, 5.74) is 6.44. The van der Waals surface area contributed by atoms with Crippen molar-refractivity contribution < 1.29 is 110 Å². The van der Waals surface area contributed by atoms with Gasteiger partial charge >= 0.3 is 0 Å². The molecule has 0 amide bonds. The molecule has 0 aliphatic heterocycles. The molecular formula is C68H122O23. The van der Waals surface area contributed by atoms with Crippen LogP contribution in [0.3, 0.4) is 0 Å². The largest absolute Gasteiger partial charge is 0.457 e. The monoisotopic (exact) mass is 1310 g/mol. The lowest BCUT2D eigenvalue weighted by Crippen LogP contribution is -2.19. The second-order valence-corrected chi connectivity index (χ2v) is 21.1. The van der Waals surface area contributed by atoms with E-state index in [0.717, 1.165) is 99.3 Å². The number of unbranched alkanes of at least 4 members (excludes halogenated alkanes) is 4. The number of aliphatic hydroxyl groups is 4. The Morgan fingerprint density at radius 3 is 0.681 bits per heavy atom. The fraction of sp³-hybridized carbons (Fsp3) is 0.824. The Labute approximate surface area is 545 Å². The predicted molar refractivity (Wildman–Crippen MR) is 346 cm³/mol. The van der Waals surface area contributed by atoms with E-state index in [1.165, 1.54) is 11.1 Å². The molecule has 2 aromatic rings. The summed E-state index contributed by atoms with van der Waals surface area (Å²) in [6.45, 7) is 22.6. The Bertz CT molecular complexity index is 1740. The fourth-order valence-corrected chi connectivity index (χ4v) is 9.24. The van der Waals surface area contributed by atoms with Crippen molar-refractivity contribution in [1.82, 2.24) is 0 Å². The van der Waals surface area contributed by atoms with E-state index in [-0.39, 0.29) is 39.6 Å². The third-order valence-electron chi connectivity index (χ3n) is 14.0. The van der Waals surface area contributed by atoms with Crippen molar-refractivity contribution in [2.75, 3.05) is 251 Å². The summed E-state index contributed by atoms with van der Waals surface area (Å²) in [5, 5.41) is 39.7. The smallest absolute Gasteiger partial charge is 0.133 e. The molecule has 2 atom stereocenters. The van der Waals surface area contributed by atoms with Gasteiger partial charge in [0, 0.05) is 11.1 Å². The maximum Gasteiger partial charge on any atom is 0.133 e. The number of benzene rings is 2. The summed E-state index contributed by atoms with van der Waals surface area (Å²) < 4.78 is 109. The van der Waals surface area contributed by atoms with Gasteiger partial charge in [-0.3, -0.25) is 0 Å². The standard InChI is InChI=1S/C68H122O23/c1-5-9-13-59-17-19-63(67(61(59)15-11-7-3)65(57-71)89-55-53-87-51-49-85-47-45-83-43-41-81-39-37-79-35-33-77-31-29-75-27-25-73-23-21-69)91-64-20-18-60(14-10-6-2)62(16-12-8-4)68(64)66(58-72)90-56-54-88-52-50-86-48-46-84-44-42-82-40-38-80-36-34-78-32-30-76-28-26-74-24-22-70/h17-20,65-66,69-72H,5-16,21-58H2,1-4H3. The normalized spacial score (nSPS) is 12.4. The maximum absolute atomic E-state index is 11.2. The van der Waals surface area contributed by atoms with Gasteiger partial charge in [-0.15, -0.1) is 0 Å². The molecule has 23 heteroatoms. The predicted octanol–water partition coefficient (Wildman–Crippen LogP) is 7.20. The van der Waals surface area contributed by atoms with Crippen LogP contribution in [0.4, 0.5) is 0 Å². The molecule has 91 heavy (non-hydrogen) atoms. The van der Waals surface area contributed by atoms with Gasteiger partial charge in [-0.05, 0) is 85.8 Å². The Kier molecular flexibility index (Phi) is 60.0.